The smallest absolute Gasteiger partial charge is 0.293 e. The zero-order chi connectivity index (χ0) is 19.8. The summed E-state index contributed by atoms with van der Waals surface area (Å²) in [5.74, 6) is 0. The second kappa shape index (κ2) is 7.37. The lowest BCUT2D eigenvalue weighted by atomic mass is 10.0. The van der Waals surface area contributed by atoms with Crippen molar-refractivity contribution in [2.45, 2.75) is 56.6 Å². The first-order chi connectivity index (χ1) is 12.6. The van der Waals surface area contributed by atoms with Crippen LogP contribution in [0.25, 0.3) is 0 Å². The van der Waals surface area contributed by atoms with Gasteiger partial charge in [-0.05, 0) is 45.7 Å². The zero-order valence-electron chi connectivity index (χ0n) is 16.1. The van der Waals surface area contributed by atoms with Gasteiger partial charge in [0.15, 0.2) is 0 Å². The van der Waals surface area contributed by atoms with Crippen LogP contribution in [0.1, 0.15) is 40.0 Å². The number of morpholine rings is 1. The van der Waals surface area contributed by atoms with Gasteiger partial charge >= 0.3 is 0 Å². The highest BCUT2D eigenvalue weighted by atomic mass is 32.2. The molecule has 3 rings (SSSR count). The summed E-state index contributed by atoms with van der Waals surface area (Å²) in [5, 5.41) is 11.7. The summed E-state index contributed by atoms with van der Waals surface area (Å²) in [5.41, 5.74) is -0.192. The van der Waals surface area contributed by atoms with Gasteiger partial charge in [0.25, 0.3) is 5.69 Å². The van der Waals surface area contributed by atoms with Gasteiger partial charge in [0, 0.05) is 32.2 Å². The average molecular weight is 397 g/mol. The van der Waals surface area contributed by atoms with Crippen LogP contribution in [0.15, 0.2) is 23.1 Å². The lowest BCUT2D eigenvalue weighted by Gasteiger charge is -2.42. The van der Waals surface area contributed by atoms with Gasteiger partial charge < -0.3 is 9.64 Å². The van der Waals surface area contributed by atoms with Crippen molar-refractivity contribution in [2.24, 2.45) is 0 Å². The normalized spacial score (nSPS) is 24.0. The Labute approximate surface area is 160 Å². The van der Waals surface area contributed by atoms with Crippen molar-refractivity contribution in [3.63, 3.8) is 0 Å². The fraction of sp³-hybridized carbons (Fsp3) is 0.667. The van der Waals surface area contributed by atoms with E-state index in [9.17, 15) is 18.5 Å². The van der Waals surface area contributed by atoms with E-state index in [1.807, 2.05) is 25.7 Å². The summed E-state index contributed by atoms with van der Waals surface area (Å²) in [6, 6.07) is 4.24. The number of sulfonamides is 1. The van der Waals surface area contributed by atoms with Crippen LogP contribution in [-0.4, -0.2) is 55.5 Å². The summed E-state index contributed by atoms with van der Waals surface area (Å²) >= 11 is 0. The van der Waals surface area contributed by atoms with E-state index in [1.54, 1.807) is 6.07 Å². The Morgan fingerprint density at radius 3 is 2.48 bits per heavy atom. The van der Waals surface area contributed by atoms with Crippen molar-refractivity contribution in [2.75, 3.05) is 31.1 Å². The fourth-order valence-electron chi connectivity index (χ4n) is 3.97. The molecule has 0 aliphatic carbocycles. The predicted octanol–water partition coefficient (Wildman–Crippen LogP) is 2.77. The molecule has 1 aromatic rings. The highest BCUT2D eigenvalue weighted by Gasteiger charge is 2.35. The summed E-state index contributed by atoms with van der Waals surface area (Å²) in [4.78, 5) is 13.1. The Morgan fingerprint density at radius 1 is 1.22 bits per heavy atom. The van der Waals surface area contributed by atoms with Gasteiger partial charge in [-0.15, -0.1) is 0 Å². The molecule has 1 atom stereocenters. The van der Waals surface area contributed by atoms with Crippen LogP contribution >= 0.6 is 0 Å². The number of nitro benzene ring substituents is 1. The van der Waals surface area contributed by atoms with Gasteiger partial charge in [0.05, 0.1) is 21.5 Å². The average Bonchev–Trinajstić information content (AvgIpc) is 2.60. The van der Waals surface area contributed by atoms with Crippen molar-refractivity contribution in [3.8, 4) is 0 Å². The van der Waals surface area contributed by atoms with Gasteiger partial charge in [0.1, 0.15) is 5.69 Å². The van der Waals surface area contributed by atoms with E-state index >= 15 is 0 Å². The number of ether oxygens (including phenoxy) is 1. The Kier molecular flexibility index (Phi) is 5.47. The number of benzene rings is 1. The van der Waals surface area contributed by atoms with E-state index in [-0.39, 0.29) is 16.7 Å². The molecule has 0 radical (unpaired) electrons. The SMILES string of the molecule is CC1CN(c2ccc(S(=O)(=O)N3CCCCC3)cc2[N+](=O)[O-])CC(C)(C)O1. The molecule has 9 heteroatoms. The third-order valence-electron chi connectivity index (χ3n) is 5.01. The molecule has 1 unspecified atom stereocenters. The second-order valence-corrected chi connectivity index (χ2v) is 9.88. The van der Waals surface area contributed by atoms with Crippen molar-refractivity contribution in [1.29, 1.82) is 0 Å². The van der Waals surface area contributed by atoms with Crippen molar-refractivity contribution in [1.82, 2.24) is 4.31 Å². The lowest BCUT2D eigenvalue weighted by Crippen LogP contribution is -2.52. The van der Waals surface area contributed by atoms with Crippen molar-refractivity contribution < 1.29 is 18.1 Å². The molecule has 150 valence electrons. The van der Waals surface area contributed by atoms with Crippen LogP contribution < -0.4 is 4.90 Å². The van der Waals surface area contributed by atoms with E-state index < -0.39 is 20.5 Å². The first-order valence-electron chi connectivity index (χ1n) is 9.31. The fourth-order valence-corrected chi connectivity index (χ4v) is 5.51. The second-order valence-electron chi connectivity index (χ2n) is 7.94. The van der Waals surface area contributed by atoms with Gasteiger partial charge in [-0.25, -0.2) is 8.42 Å². The van der Waals surface area contributed by atoms with Crippen LogP contribution in [0.5, 0.6) is 0 Å². The highest BCUT2D eigenvalue weighted by Crippen LogP contribution is 2.35. The minimum Gasteiger partial charge on any atom is -0.369 e. The lowest BCUT2D eigenvalue weighted by molar-refractivity contribution is -0.384. The summed E-state index contributed by atoms with van der Waals surface area (Å²) in [6.45, 7) is 7.75. The molecule has 0 aromatic heterocycles. The van der Waals surface area contributed by atoms with Gasteiger partial charge in [-0.2, -0.15) is 4.31 Å². The van der Waals surface area contributed by atoms with Crippen LogP contribution in [0.4, 0.5) is 11.4 Å². The number of rotatable bonds is 4. The monoisotopic (exact) mass is 397 g/mol. The van der Waals surface area contributed by atoms with E-state index in [1.165, 1.54) is 16.4 Å². The molecule has 0 amide bonds. The molecule has 8 nitrogen and oxygen atoms in total. The van der Waals surface area contributed by atoms with Crippen LogP contribution in [0.3, 0.4) is 0 Å². The molecule has 0 bridgehead atoms. The molecule has 0 saturated carbocycles. The number of piperidine rings is 1. The Morgan fingerprint density at radius 2 is 1.89 bits per heavy atom. The summed E-state index contributed by atoms with van der Waals surface area (Å²) < 4.78 is 33.0. The molecule has 0 spiro atoms. The quantitative estimate of drug-likeness (QED) is 0.573. The number of hydrogen-bond acceptors (Lipinski definition) is 6. The minimum atomic E-state index is -3.71. The maximum atomic E-state index is 12.9. The van der Waals surface area contributed by atoms with Crippen molar-refractivity contribution in [3.05, 3.63) is 28.3 Å². The molecule has 1 aromatic carbocycles. The van der Waals surface area contributed by atoms with Crippen molar-refractivity contribution >= 4 is 21.4 Å². The third-order valence-corrected chi connectivity index (χ3v) is 6.90. The van der Waals surface area contributed by atoms with Gasteiger partial charge in [-0.1, -0.05) is 6.42 Å². The first kappa shape index (κ1) is 20.0. The molecule has 2 fully saturated rings. The zero-order valence-corrected chi connectivity index (χ0v) is 16.9. The number of nitrogens with zero attached hydrogens (tertiary/aromatic N) is 3. The number of hydrogen-bond donors (Lipinski definition) is 0. The molecule has 0 N–H and O–H groups in total. The molecule has 2 saturated heterocycles. The first-order valence-corrected chi connectivity index (χ1v) is 10.8. The molecular weight excluding hydrogens is 370 g/mol. The standard InChI is InChI=1S/C18H27N3O5S/c1-14-12-19(13-18(2,3)26-14)16-8-7-15(11-17(16)21(22)23)27(24,25)20-9-5-4-6-10-20/h7-8,11,14H,4-6,9-10,12-13H2,1-3H3. The molecule has 2 aliphatic heterocycles. The van der Waals surface area contributed by atoms with Crippen LogP contribution in [0, 0.1) is 10.1 Å². The van der Waals surface area contributed by atoms with Crippen LogP contribution in [0.2, 0.25) is 0 Å². The van der Waals surface area contributed by atoms with E-state index in [4.69, 9.17) is 4.74 Å². The largest absolute Gasteiger partial charge is 0.369 e. The van der Waals surface area contributed by atoms with E-state index in [2.05, 4.69) is 0 Å². The Bertz CT molecular complexity index is 818. The molecular formula is C18H27N3O5S. The third kappa shape index (κ3) is 4.25. The summed E-state index contributed by atoms with van der Waals surface area (Å²) in [6.07, 6.45) is 2.57. The van der Waals surface area contributed by atoms with E-state index in [0.717, 1.165) is 19.3 Å². The topological polar surface area (TPSA) is 93.0 Å². The Balaban J connectivity index is 1.97. The molecule has 2 aliphatic rings. The molecule has 27 heavy (non-hydrogen) atoms. The molecule has 2 heterocycles. The van der Waals surface area contributed by atoms with Gasteiger partial charge in [0.2, 0.25) is 10.0 Å². The maximum absolute atomic E-state index is 12.9. The maximum Gasteiger partial charge on any atom is 0.293 e. The highest BCUT2D eigenvalue weighted by molar-refractivity contribution is 7.89. The minimum absolute atomic E-state index is 0.0135. The van der Waals surface area contributed by atoms with Crippen LogP contribution in [-0.2, 0) is 14.8 Å². The van der Waals surface area contributed by atoms with Gasteiger partial charge in [-0.3, -0.25) is 10.1 Å². The Hall–Kier alpha value is -1.71. The van der Waals surface area contributed by atoms with E-state index in [0.29, 0.717) is 31.9 Å². The number of nitro groups is 1. The predicted molar refractivity (Wildman–Crippen MR) is 103 cm³/mol. The number of anilines is 1. The summed E-state index contributed by atoms with van der Waals surface area (Å²) in [7, 11) is -3.71.